The van der Waals surface area contributed by atoms with E-state index in [1.54, 1.807) is 18.2 Å². The highest BCUT2D eigenvalue weighted by Crippen LogP contribution is 2.16. The molecule has 2 N–H and O–H groups in total. The van der Waals surface area contributed by atoms with Crippen LogP contribution in [0.4, 0.5) is 0 Å². The predicted molar refractivity (Wildman–Crippen MR) is 79.0 cm³/mol. The van der Waals surface area contributed by atoms with E-state index in [0.717, 1.165) is 17.6 Å². The summed E-state index contributed by atoms with van der Waals surface area (Å²) in [5.74, 6) is 0.433. The van der Waals surface area contributed by atoms with Crippen molar-refractivity contribution >= 4 is 6.08 Å². The fourth-order valence-electron chi connectivity index (χ4n) is 1.88. The van der Waals surface area contributed by atoms with Crippen molar-refractivity contribution in [3.05, 3.63) is 76.8 Å². The van der Waals surface area contributed by atoms with Crippen molar-refractivity contribution in [1.82, 2.24) is 0 Å². The third-order valence-corrected chi connectivity index (χ3v) is 3.02. The standard InChI is InChI=1S/C17H18O2/c1-2-13-3-5-14(6-4-13)7-8-15-11-16(18)9-10-17(19)12-15/h3-9,11-12,18-19H,2,10H2,1H3/b8-7+. The van der Waals surface area contributed by atoms with Crippen molar-refractivity contribution in [3.63, 3.8) is 0 Å². The van der Waals surface area contributed by atoms with Gasteiger partial charge >= 0.3 is 0 Å². The molecule has 0 spiro atoms. The molecule has 19 heavy (non-hydrogen) atoms. The number of rotatable bonds is 3. The molecule has 0 atom stereocenters. The van der Waals surface area contributed by atoms with Crippen molar-refractivity contribution in [2.45, 2.75) is 19.8 Å². The van der Waals surface area contributed by atoms with Gasteiger partial charge in [-0.25, -0.2) is 0 Å². The third-order valence-electron chi connectivity index (χ3n) is 3.02. The van der Waals surface area contributed by atoms with E-state index in [9.17, 15) is 10.2 Å². The van der Waals surface area contributed by atoms with E-state index in [2.05, 4.69) is 31.2 Å². The van der Waals surface area contributed by atoms with Gasteiger partial charge in [-0.05, 0) is 41.3 Å². The molecule has 2 nitrogen and oxygen atoms in total. The zero-order valence-electron chi connectivity index (χ0n) is 11.0. The molecule has 0 fully saturated rings. The van der Waals surface area contributed by atoms with Crippen LogP contribution >= 0.6 is 0 Å². The van der Waals surface area contributed by atoms with Crippen LogP contribution < -0.4 is 0 Å². The SMILES string of the molecule is CCc1ccc(/C=C/C2=CC(O)=CCC(O)=C2)cc1. The highest BCUT2D eigenvalue weighted by atomic mass is 16.3. The summed E-state index contributed by atoms with van der Waals surface area (Å²) < 4.78 is 0. The largest absolute Gasteiger partial charge is 0.512 e. The normalized spacial score (nSPS) is 15.7. The number of hydrogen-bond donors (Lipinski definition) is 2. The minimum atomic E-state index is 0.182. The number of hydrogen-bond acceptors (Lipinski definition) is 2. The van der Waals surface area contributed by atoms with Gasteiger partial charge in [0.2, 0.25) is 0 Å². The molecule has 0 saturated carbocycles. The maximum absolute atomic E-state index is 9.57. The summed E-state index contributed by atoms with van der Waals surface area (Å²) in [7, 11) is 0. The number of aryl methyl sites for hydroxylation is 1. The van der Waals surface area contributed by atoms with Crippen LogP contribution in [0.25, 0.3) is 6.08 Å². The Labute approximate surface area is 113 Å². The van der Waals surface area contributed by atoms with Gasteiger partial charge in [0.25, 0.3) is 0 Å². The molecule has 1 aromatic carbocycles. The van der Waals surface area contributed by atoms with Crippen LogP contribution in [0.2, 0.25) is 0 Å². The summed E-state index contributed by atoms with van der Waals surface area (Å²) in [5, 5.41) is 19.1. The Balaban J connectivity index is 2.17. The van der Waals surface area contributed by atoms with Crippen molar-refractivity contribution in [3.8, 4) is 0 Å². The lowest BCUT2D eigenvalue weighted by atomic mass is 10.1. The van der Waals surface area contributed by atoms with Crippen molar-refractivity contribution in [1.29, 1.82) is 0 Å². The van der Waals surface area contributed by atoms with Gasteiger partial charge in [0.1, 0.15) is 5.76 Å². The lowest BCUT2D eigenvalue weighted by molar-refractivity contribution is 0.395. The first kappa shape index (κ1) is 13.2. The average molecular weight is 254 g/mol. The Hall–Kier alpha value is -2.22. The molecule has 1 aliphatic carbocycles. The molecule has 0 unspecified atom stereocenters. The zero-order valence-corrected chi connectivity index (χ0v) is 11.0. The van der Waals surface area contributed by atoms with Crippen LogP contribution in [-0.4, -0.2) is 10.2 Å². The third kappa shape index (κ3) is 3.88. The second-order valence-corrected chi connectivity index (χ2v) is 4.54. The molecule has 0 bridgehead atoms. The summed E-state index contributed by atoms with van der Waals surface area (Å²) in [6.07, 6.45) is 10.1. The summed E-state index contributed by atoms with van der Waals surface area (Å²) in [6, 6.07) is 8.33. The minimum absolute atomic E-state index is 0.182. The van der Waals surface area contributed by atoms with E-state index >= 15 is 0 Å². The Kier molecular flexibility index (Phi) is 4.24. The Bertz CT molecular complexity index is 557. The van der Waals surface area contributed by atoms with Gasteiger partial charge < -0.3 is 10.2 Å². The van der Waals surface area contributed by atoms with Gasteiger partial charge in [-0.3, -0.25) is 0 Å². The molecular weight excluding hydrogens is 236 g/mol. The monoisotopic (exact) mass is 254 g/mol. The highest BCUT2D eigenvalue weighted by molar-refractivity contribution is 5.56. The number of aliphatic hydroxyl groups excluding tert-OH is 2. The number of benzene rings is 1. The Morgan fingerprint density at radius 3 is 2.47 bits per heavy atom. The molecule has 0 heterocycles. The maximum atomic E-state index is 9.57. The molecule has 0 aromatic heterocycles. The summed E-state index contributed by atoms with van der Waals surface area (Å²) in [6.45, 7) is 2.13. The van der Waals surface area contributed by atoms with Crippen LogP contribution in [0, 0.1) is 0 Å². The molecular formula is C17H18O2. The summed E-state index contributed by atoms with van der Waals surface area (Å²) in [5.41, 5.74) is 3.19. The van der Waals surface area contributed by atoms with Crippen LogP contribution in [0.5, 0.6) is 0 Å². The molecule has 0 amide bonds. The van der Waals surface area contributed by atoms with Gasteiger partial charge in [0.05, 0.1) is 5.76 Å². The first-order valence-corrected chi connectivity index (χ1v) is 6.45. The maximum Gasteiger partial charge on any atom is 0.112 e. The van der Waals surface area contributed by atoms with Crippen LogP contribution in [-0.2, 0) is 6.42 Å². The Morgan fingerprint density at radius 2 is 1.79 bits per heavy atom. The number of aliphatic hydroxyl groups is 2. The topological polar surface area (TPSA) is 40.5 Å². The Morgan fingerprint density at radius 1 is 1.05 bits per heavy atom. The molecule has 1 aromatic rings. The van der Waals surface area contributed by atoms with E-state index in [-0.39, 0.29) is 11.5 Å². The minimum Gasteiger partial charge on any atom is -0.512 e. The quantitative estimate of drug-likeness (QED) is 0.835. The molecule has 2 heteroatoms. The van der Waals surface area contributed by atoms with Crippen molar-refractivity contribution in [2.24, 2.45) is 0 Å². The smallest absolute Gasteiger partial charge is 0.112 e. The lowest BCUT2D eigenvalue weighted by Crippen LogP contribution is -1.80. The van der Waals surface area contributed by atoms with E-state index in [1.807, 2.05) is 12.2 Å². The van der Waals surface area contributed by atoms with Crippen molar-refractivity contribution < 1.29 is 10.2 Å². The lowest BCUT2D eigenvalue weighted by Gasteiger charge is -1.98. The molecule has 1 aliphatic rings. The fraction of sp³-hybridized carbons (Fsp3) is 0.176. The molecule has 0 radical (unpaired) electrons. The first-order valence-electron chi connectivity index (χ1n) is 6.45. The van der Waals surface area contributed by atoms with Crippen LogP contribution in [0.15, 0.2) is 65.7 Å². The number of allylic oxidation sites excluding steroid dienone is 5. The summed E-state index contributed by atoms with van der Waals surface area (Å²) in [4.78, 5) is 0. The fourth-order valence-corrected chi connectivity index (χ4v) is 1.88. The van der Waals surface area contributed by atoms with Gasteiger partial charge in [-0.2, -0.15) is 0 Å². The van der Waals surface area contributed by atoms with Gasteiger partial charge in [-0.15, -0.1) is 0 Å². The van der Waals surface area contributed by atoms with E-state index in [4.69, 9.17) is 0 Å². The molecule has 98 valence electrons. The summed E-state index contributed by atoms with van der Waals surface area (Å²) >= 11 is 0. The van der Waals surface area contributed by atoms with Gasteiger partial charge in [-0.1, -0.05) is 43.3 Å². The molecule has 0 aliphatic heterocycles. The van der Waals surface area contributed by atoms with Crippen LogP contribution in [0.1, 0.15) is 24.5 Å². The van der Waals surface area contributed by atoms with Gasteiger partial charge in [0, 0.05) is 6.42 Å². The van der Waals surface area contributed by atoms with Gasteiger partial charge in [0.15, 0.2) is 0 Å². The van der Waals surface area contributed by atoms with E-state index < -0.39 is 0 Å². The second kappa shape index (κ2) is 6.10. The highest BCUT2D eigenvalue weighted by Gasteiger charge is 2.01. The van der Waals surface area contributed by atoms with E-state index in [1.165, 1.54) is 5.56 Å². The average Bonchev–Trinajstić information content (AvgIpc) is 2.58. The van der Waals surface area contributed by atoms with Crippen molar-refractivity contribution in [2.75, 3.05) is 0 Å². The van der Waals surface area contributed by atoms with Crippen LogP contribution in [0.3, 0.4) is 0 Å². The molecule has 0 saturated heterocycles. The zero-order chi connectivity index (χ0) is 13.7. The molecule has 2 rings (SSSR count). The van der Waals surface area contributed by atoms with E-state index in [0.29, 0.717) is 6.42 Å². The first-order chi connectivity index (χ1) is 9.17. The second-order valence-electron chi connectivity index (χ2n) is 4.54. The predicted octanol–water partition coefficient (Wildman–Crippen LogP) is 4.48.